The first-order valence-corrected chi connectivity index (χ1v) is 28.0. The molecule has 7 rings (SSSR count). The molecule has 2 aromatic heterocycles. The average Bonchev–Trinajstić information content (AvgIpc) is 2.04. The first-order valence-electron chi connectivity index (χ1n) is 28.0. The van der Waals surface area contributed by atoms with Crippen LogP contribution in [0.2, 0.25) is 0 Å². The van der Waals surface area contributed by atoms with Crippen molar-refractivity contribution >= 4 is 92.6 Å². The van der Waals surface area contributed by atoms with Crippen LogP contribution < -0.4 is 5.32 Å². The highest BCUT2D eigenvalue weighted by molar-refractivity contribution is 6.31. The van der Waals surface area contributed by atoms with Crippen molar-refractivity contribution in [1.29, 1.82) is 0 Å². The van der Waals surface area contributed by atoms with E-state index < -0.39 is 98.2 Å². The Bertz CT molecular complexity index is 3360. The summed E-state index contributed by atoms with van der Waals surface area (Å²) in [6, 6.07) is 11.0. The fraction of sp³-hybridized carbons (Fsp3) is 0.450. The number of imide groups is 1. The van der Waals surface area contributed by atoms with E-state index in [-0.39, 0.29) is 50.5 Å². The van der Waals surface area contributed by atoms with Gasteiger partial charge in [0.25, 0.3) is 17.7 Å². The number of hydrogen-bond donors (Lipinski definition) is 8. The van der Waals surface area contributed by atoms with Crippen molar-refractivity contribution in [3.8, 4) is 0 Å². The Balaban J connectivity index is 1.30. The smallest absolute Gasteiger partial charge is 0.317 e. The normalized spacial score (nSPS) is 15.7. The molecule has 4 aliphatic rings. The van der Waals surface area contributed by atoms with E-state index in [2.05, 4.69) is 22.2 Å². The van der Waals surface area contributed by atoms with Crippen LogP contribution in [0.25, 0.3) is 33.3 Å². The Labute approximate surface area is 484 Å². The minimum atomic E-state index is -1.35. The van der Waals surface area contributed by atoms with Crippen molar-refractivity contribution in [2.45, 2.75) is 111 Å². The number of amides is 3. The molecule has 8 bridgehead atoms. The summed E-state index contributed by atoms with van der Waals surface area (Å²) in [6.07, 6.45) is 4.25. The van der Waals surface area contributed by atoms with Crippen molar-refractivity contribution in [2.24, 2.45) is 0 Å². The lowest BCUT2D eigenvalue weighted by Crippen LogP contribution is -2.51. The Morgan fingerprint density at radius 2 is 1.31 bits per heavy atom. The highest BCUT2D eigenvalue weighted by Crippen LogP contribution is 2.45. The molecule has 3 atom stereocenters. The Morgan fingerprint density at radius 3 is 1.92 bits per heavy atom. The molecule has 24 nitrogen and oxygen atoms in total. The van der Waals surface area contributed by atoms with Crippen molar-refractivity contribution in [2.75, 3.05) is 71.3 Å². The van der Waals surface area contributed by atoms with Crippen LogP contribution in [-0.4, -0.2) is 191 Å². The Kier molecular flexibility index (Phi) is 20.7. The molecule has 3 aromatic rings. The van der Waals surface area contributed by atoms with Gasteiger partial charge in [0.2, 0.25) is 0 Å². The van der Waals surface area contributed by atoms with E-state index in [0.717, 1.165) is 40.2 Å². The number of ether oxygens (including phenoxy) is 1. The number of aliphatic carboxylic acids is 5. The standard InChI is InChI=1S/C60H73N9O15/c1-8-10-11-12-19-69-59(82)54-35(6)44-24-45-39(9-2)32(3)41(62-45)25-46-53(34(5)43(63-46)23-42-33(4)40(17-18-52(80)84-7)56(64-42)55(60(69)83)57(54)65-44)58(81)61-37-15-13-36(14-16-37)22-38(68(30-50(76)77)31-51(78)79)26-66(27-47(70)71)20-21-67(28-48(72)73)29-49(74)75/h13-16,23-25,33,38,40,64-65H,8-12,17-22,26-31H2,1-7H3,(H,61,81)(H,70,71)(H,72,73)(H,74,75)(H,76,77)(H,78,79)/t33-,38?,40-/m0/s1. The number of rotatable bonds is 29. The molecule has 3 amide bonds. The summed E-state index contributed by atoms with van der Waals surface area (Å²) in [5, 5.41) is 51.3. The van der Waals surface area contributed by atoms with E-state index in [4.69, 9.17) is 14.7 Å². The number of H-pyrrole nitrogens is 2. The molecule has 1 aromatic carbocycles. The molecular formula is C60H73N9O15. The maximum absolute atomic E-state index is 15.0. The summed E-state index contributed by atoms with van der Waals surface area (Å²) < 4.78 is 5.07. The van der Waals surface area contributed by atoms with Crippen LogP contribution in [0.1, 0.15) is 157 Å². The van der Waals surface area contributed by atoms with Gasteiger partial charge in [-0.2, -0.15) is 0 Å². The molecule has 84 heavy (non-hydrogen) atoms. The van der Waals surface area contributed by atoms with E-state index in [9.17, 15) is 63.9 Å². The number of benzene rings is 1. The summed E-state index contributed by atoms with van der Waals surface area (Å²) in [5.41, 5.74) is 8.72. The van der Waals surface area contributed by atoms with Crippen molar-refractivity contribution in [3.63, 3.8) is 0 Å². The maximum atomic E-state index is 15.0. The molecule has 8 N–H and O–H groups in total. The quantitative estimate of drug-likeness (QED) is 0.0208. The highest BCUT2D eigenvalue weighted by Gasteiger charge is 2.41. The molecule has 0 fully saturated rings. The Morgan fingerprint density at radius 1 is 0.714 bits per heavy atom. The van der Waals surface area contributed by atoms with Gasteiger partial charge in [-0.25, -0.2) is 9.97 Å². The molecule has 0 saturated heterocycles. The van der Waals surface area contributed by atoms with Crippen molar-refractivity contribution in [1.82, 2.24) is 39.5 Å². The first-order chi connectivity index (χ1) is 39.9. The van der Waals surface area contributed by atoms with Crippen LogP contribution in [0.5, 0.6) is 0 Å². The minimum absolute atomic E-state index is 0.0171. The van der Waals surface area contributed by atoms with E-state index in [1.54, 1.807) is 37.3 Å². The van der Waals surface area contributed by atoms with Crippen LogP contribution in [0.3, 0.4) is 0 Å². The summed E-state index contributed by atoms with van der Waals surface area (Å²) in [6.45, 7) is 7.84. The number of allylic oxidation sites excluding steroid dienone is 3. The predicted octanol–water partition coefficient (Wildman–Crippen LogP) is 6.51. The van der Waals surface area contributed by atoms with Gasteiger partial charge in [-0.05, 0) is 105 Å². The highest BCUT2D eigenvalue weighted by atomic mass is 16.5. The molecule has 448 valence electrons. The zero-order chi connectivity index (χ0) is 61.3. The number of fused-ring (bicyclic) bond motifs is 8. The second kappa shape index (κ2) is 27.6. The second-order valence-corrected chi connectivity index (χ2v) is 21.6. The van der Waals surface area contributed by atoms with Crippen LogP contribution in [0, 0.1) is 6.92 Å². The number of aryl methyl sites for hydroxylation is 1. The van der Waals surface area contributed by atoms with Gasteiger partial charge in [0.15, 0.2) is 0 Å². The summed E-state index contributed by atoms with van der Waals surface area (Å²) >= 11 is 0. The van der Waals surface area contributed by atoms with E-state index in [1.807, 2.05) is 39.8 Å². The number of unbranched alkanes of at least 4 members (excludes halogenated alkanes) is 3. The van der Waals surface area contributed by atoms with Gasteiger partial charge in [0.1, 0.15) is 0 Å². The lowest BCUT2D eigenvalue weighted by Gasteiger charge is -2.34. The summed E-state index contributed by atoms with van der Waals surface area (Å²) in [7, 11) is 1.32. The zero-order valence-electron chi connectivity index (χ0n) is 48.3. The zero-order valence-corrected chi connectivity index (χ0v) is 48.3. The largest absolute Gasteiger partial charge is 0.480 e. The molecular weight excluding hydrogens is 1090 g/mol. The minimum Gasteiger partial charge on any atom is -0.480 e. The number of carboxylic acid groups (broad SMARTS) is 5. The summed E-state index contributed by atoms with van der Waals surface area (Å²) in [4.78, 5) is 139. The lowest BCUT2D eigenvalue weighted by molar-refractivity contribution is -0.144. The monoisotopic (exact) mass is 1160 g/mol. The van der Waals surface area contributed by atoms with Gasteiger partial charge in [-0.3, -0.25) is 62.8 Å². The van der Waals surface area contributed by atoms with Gasteiger partial charge in [-0.1, -0.05) is 52.2 Å². The second-order valence-electron chi connectivity index (χ2n) is 21.6. The number of carbonyl (C=O) groups is 9. The molecule has 1 unspecified atom stereocenters. The lowest BCUT2D eigenvalue weighted by atomic mass is 9.84. The third-order valence-electron chi connectivity index (χ3n) is 15.8. The molecule has 6 heterocycles. The number of carbonyl (C=O) groups excluding carboxylic acids is 4. The predicted molar refractivity (Wildman–Crippen MR) is 309 cm³/mol. The third-order valence-corrected chi connectivity index (χ3v) is 15.8. The molecule has 4 aliphatic heterocycles. The van der Waals surface area contributed by atoms with Gasteiger partial charge in [-0.15, -0.1) is 0 Å². The molecule has 0 radical (unpaired) electrons. The number of aromatic nitrogens is 4. The SMILES string of the molecule is CCCCCCN1C(=O)c2c3[nH]c(cc4nc(cc5nc(cc6[nH]c2c(c6C)C1=O)C(CC)=C5C)C(C(=O)Nc1ccc(CC(CN(CCN(CC(=O)O)CC(=O)O)CC(=O)O)N(CC(=O)O)CC(=O)O)cc1)=C4C)[C@@H](C)[C@@H]3CCC(=O)OC. The van der Waals surface area contributed by atoms with Crippen LogP contribution >= 0.6 is 0 Å². The van der Waals surface area contributed by atoms with Crippen molar-refractivity contribution in [3.05, 3.63) is 98.9 Å². The molecule has 0 aliphatic carbocycles. The first kappa shape index (κ1) is 63.0. The fourth-order valence-corrected chi connectivity index (χ4v) is 11.5. The average molecular weight is 1160 g/mol. The number of hydrogen-bond acceptors (Lipinski definition) is 15. The van der Waals surface area contributed by atoms with Gasteiger partial charge < -0.3 is 45.6 Å². The number of anilines is 1. The van der Waals surface area contributed by atoms with Gasteiger partial charge in [0, 0.05) is 73.1 Å². The van der Waals surface area contributed by atoms with E-state index in [1.165, 1.54) is 16.9 Å². The Hall–Kier alpha value is -8.61. The topological polar surface area (TPSA) is 346 Å². The number of methoxy groups -OCH3 is 1. The van der Waals surface area contributed by atoms with Gasteiger partial charge in [0.05, 0.1) is 84.8 Å². The molecule has 0 saturated carbocycles. The molecule has 0 spiro atoms. The van der Waals surface area contributed by atoms with Crippen LogP contribution in [0.15, 0.2) is 42.5 Å². The number of aromatic amines is 2. The van der Waals surface area contributed by atoms with Crippen molar-refractivity contribution < 1.29 is 73.4 Å². The van der Waals surface area contributed by atoms with E-state index in [0.29, 0.717) is 98.0 Å². The van der Waals surface area contributed by atoms with E-state index >= 15 is 4.79 Å². The van der Waals surface area contributed by atoms with Crippen LogP contribution in [-0.2, 0) is 44.7 Å². The van der Waals surface area contributed by atoms with Crippen LogP contribution in [0.4, 0.5) is 5.69 Å². The number of nitrogens with zero attached hydrogens (tertiary/aromatic N) is 6. The number of carboxylic acids is 5. The number of esters is 1. The molecule has 24 heteroatoms. The van der Waals surface area contributed by atoms with Gasteiger partial charge >= 0.3 is 35.8 Å². The fourth-order valence-electron chi connectivity index (χ4n) is 11.5. The maximum Gasteiger partial charge on any atom is 0.317 e. The number of nitrogens with one attached hydrogen (secondary N) is 3. The summed E-state index contributed by atoms with van der Waals surface area (Å²) in [5.74, 6) is -9.22. The third kappa shape index (κ3) is 14.8.